The second-order valence-electron chi connectivity index (χ2n) is 3.44. The van der Waals surface area contributed by atoms with Gasteiger partial charge in [-0.2, -0.15) is 0 Å². The van der Waals surface area contributed by atoms with Crippen LogP contribution in [0.25, 0.3) is 0 Å². The summed E-state index contributed by atoms with van der Waals surface area (Å²) in [7, 11) is 0. The minimum absolute atomic E-state index is 0.709. The zero-order valence-corrected chi connectivity index (χ0v) is 8.60. The number of anilines is 1. The molecule has 0 saturated carbocycles. The molecule has 0 aliphatic rings. The van der Waals surface area contributed by atoms with Crippen molar-refractivity contribution < 1.29 is 4.74 Å². The van der Waals surface area contributed by atoms with Gasteiger partial charge in [0, 0.05) is 11.8 Å². The van der Waals surface area contributed by atoms with Crippen LogP contribution in [0.5, 0.6) is 11.5 Å². The van der Waals surface area contributed by atoms with E-state index in [1.54, 1.807) is 0 Å². The van der Waals surface area contributed by atoms with E-state index in [-0.39, 0.29) is 0 Å². The van der Waals surface area contributed by atoms with Crippen LogP contribution in [0.3, 0.4) is 0 Å². The molecule has 0 atom stereocenters. The van der Waals surface area contributed by atoms with Crippen molar-refractivity contribution in [3.05, 3.63) is 54.1 Å². The summed E-state index contributed by atoms with van der Waals surface area (Å²) in [6.07, 6.45) is 0. The fourth-order valence-corrected chi connectivity index (χ4v) is 1.38. The van der Waals surface area contributed by atoms with Crippen LogP contribution < -0.4 is 10.5 Å². The molecule has 0 radical (unpaired) electrons. The van der Waals surface area contributed by atoms with Gasteiger partial charge in [0.2, 0.25) is 0 Å². The maximum absolute atomic E-state index is 5.71. The van der Waals surface area contributed by atoms with Crippen molar-refractivity contribution in [3.63, 3.8) is 0 Å². The van der Waals surface area contributed by atoms with Gasteiger partial charge in [0.25, 0.3) is 0 Å². The molecule has 2 N–H and O–H groups in total. The Morgan fingerprint density at radius 2 is 1.80 bits per heavy atom. The molecule has 2 aromatic carbocycles. The average Bonchev–Trinajstić information content (AvgIpc) is 2.22. The number of hydrogen-bond donors (Lipinski definition) is 1. The van der Waals surface area contributed by atoms with E-state index >= 15 is 0 Å². The van der Waals surface area contributed by atoms with Gasteiger partial charge < -0.3 is 10.5 Å². The number of aryl methyl sites for hydroxylation is 1. The Bertz CT molecular complexity index is 466. The van der Waals surface area contributed by atoms with Crippen LogP contribution in [0.15, 0.2) is 48.5 Å². The van der Waals surface area contributed by atoms with Crippen molar-refractivity contribution >= 4 is 5.69 Å². The second kappa shape index (κ2) is 4.05. The van der Waals surface area contributed by atoms with E-state index in [1.807, 2.05) is 55.5 Å². The lowest BCUT2D eigenvalue weighted by molar-refractivity contribution is 0.479. The third-order valence-electron chi connectivity index (χ3n) is 2.18. The normalized spacial score (nSPS) is 9.93. The summed E-state index contributed by atoms with van der Waals surface area (Å²) in [6.45, 7) is 2.02. The molecule has 0 heterocycles. The van der Waals surface area contributed by atoms with E-state index in [0.717, 1.165) is 17.1 Å². The monoisotopic (exact) mass is 199 g/mol. The van der Waals surface area contributed by atoms with Crippen LogP contribution in [-0.4, -0.2) is 0 Å². The predicted molar refractivity (Wildman–Crippen MR) is 62.1 cm³/mol. The van der Waals surface area contributed by atoms with E-state index in [4.69, 9.17) is 10.5 Å². The standard InChI is InChI=1S/C13H13NO/c1-10-5-2-3-8-13(10)15-12-7-4-6-11(14)9-12/h2-9H,14H2,1H3. The highest BCUT2D eigenvalue weighted by Crippen LogP contribution is 2.25. The topological polar surface area (TPSA) is 35.2 Å². The minimum Gasteiger partial charge on any atom is -0.457 e. The molecule has 2 rings (SSSR count). The lowest BCUT2D eigenvalue weighted by Crippen LogP contribution is -1.89. The summed E-state index contributed by atoms with van der Waals surface area (Å²) < 4.78 is 5.71. The Morgan fingerprint density at radius 3 is 2.53 bits per heavy atom. The van der Waals surface area contributed by atoms with Gasteiger partial charge >= 0.3 is 0 Å². The maximum atomic E-state index is 5.71. The van der Waals surface area contributed by atoms with Crippen molar-refractivity contribution in [1.82, 2.24) is 0 Å². The van der Waals surface area contributed by atoms with E-state index in [1.165, 1.54) is 0 Å². The molecule has 76 valence electrons. The van der Waals surface area contributed by atoms with E-state index in [2.05, 4.69) is 0 Å². The Hall–Kier alpha value is -1.96. The predicted octanol–water partition coefficient (Wildman–Crippen LogP) is 3.37. The van der Waals surface area contributed by atoms with Crippen molar-refractivity contribution in [2.75, 3.05) is 5.73 Å². The lowest BCUT2D eigenvalue weighted by Gasteiger charge is -2.08. The van der Waals surface area contributed by atoms with Gasteiger partial charge in [-0.1, -0.05) is 24.3 Å². The SMILES string of the molecule is Cc1ccccc1Oc1cccc(N)c1. The fourth-order valence-electron chi connectivity index (χ4n) is 1.38. The van der Waals surface area contributed by atoms with Crippen LogP contribution >= 0.6 is 0 Å². The Labute approximate surface area is 89.3 Å². The highest BCUT2D eigenvalue weighted by Gasteiger charge is 1.99. The number of benzene rings is 2. The number of nitrogens with two attached hydrogens (primary N) is 1. The zero-order valence-electron chi connectivity index (χ0n) is 8.60. The second-order valence-corrected chi connectivity index (χ2v) is 3.44. The summed E-state index contributed by atoms with van der Waals surface area (Å²) >= 11 is 0. The fraction of sp³-hybridized carbons (Fsp3) is 0.0769. The molecule has 0 bridgehead atoms. The van der Waals surface area contributed by atoms with Crippen LogP contribution in [0.2, 0.25) is 0 Å². The maximum Gasteiger partial charge on any atom is 0.130 e. The van der Waals surface area contributed by atoms with Crippen molar-refractivity contribution in [3.8, 4) is 11.5 Å². The molecule has 0 saturated heterocycles. The number of nitrogen functional groups attached to an aromatic ring is 1. The van der Waals surface area contributed by atoms with Crippen LogP contribution in [-0.2, 0) is 0 Å². The van der Waals surface area contributed by atoms with Crippen LogP contribution in [0, 0.1) is 6.92 Å². The van der Waals surface area contributed by atoms with Gasteiger partial charge in [-0.3, -0.25) is 0 Å². The Balaban J connectivity index is 2.26. The molecule has 2 heteroatoms. The van der Waals surface area contributed by atoms with Gasteiger partial charge in [0.15, 0.2) is 0 Å². The molecule has 2 aromatic rings. The van der Waals surface area contributed by atoms with Crippen LogP contribution in [0.4, 0.5) is 5.69 Å². The van der Waals surface area contributed by atoms with Gasteiger partial charge in [0.1, 0.15) is 11.5 Å². The van der Waals surface area contributed by atoms with Crippen molar-refractivity contribution in [1.29, 1.82) is 0 Å². The first-order valence-corrected chi connectivity index (χ1v) is 4.85. The number of hydrogen-bond acceptors (Lipinski definition) is 2. The molecular formula is C13H13NO. The third kappa shape index (κ3) is 2.29. The smallest absolute Gasteiger partial charge is 0.130 e. The number of rotatable bonds is 2. The summed E-state index contributed by atoms with van der Waals surface area (Å²) in [4.78, 5) is 0. The number of para-hydroxylation sites is 1. The molecule has 0 fully saturated rings. The largest absolute Gasteiger partial charge is 0.457 e. The molecule has 0 unspecified atom stereocenters. The van der Waals surface area contributed by atoms with E-state index < -0.39 is 0 Å². The zero-order chi connectivity index (χ0) is 10.7. The quantitative estimate of drug-likeness (QED) is 0.752. The van der Waals surface area contributed by atoms with E-state index in [9.17, 15) is 0 Å². The third-order valence-corrected chi connectivity index (χ3v) is 2.18. The van der Waals surface area contributed by atoms with Crippen molar-refractivity contribution in [2.24, 2.45) is 0 Å². The average molecular weight is 199 g/mol. The molecule has 2 nitrogen and oxygen atoms in total. The molecular weight excluding hydrogens is 186 g/mol. The number of ether oxygens (including phenoxy) is 1. The first kappa shape index (κ1) is 9.59. The first-order chi connectivity index (χ1) is 7.25. The Morgan fingerprint density at radius 1 is 1.00 bits per heavy atom. The van der Waals surface area contributed by atoms with Gasteiger partial charge in [0.05, 0.1) is 0 Å². The molecule has 0 aliphatic heterocycles. The summed E-state index contributed by atoms with van der Waals surface area (Å²) in [5.41, 5.74) is 7.49. The molecule has 15 heavy (non-hydrogen) atoms. The molecule has 0 aliphatic carbocycles. The summed E-state index contributed by atoms with van der Waals surface area (Å²) in [6, 6.07) is 15.3. The molecule has 0 aromatic heterocycles. The van der Waals surface area contributed by atoms with Gasteiger partial charge in [-0.25, -0.2) is 0 Å². The lowest BCUT2D eigenvalue weighted by atomic mass is 10.2. The first-order valence-electron chi connectivity index (χ1n) is 4.85. The van der Waals surface area contributed by atoms with Gasteiger partial charge in [-0.15, -0.1) is 0 Å². The van der Waals surface area contributed by atoms with Crippen LogP contribution in [0.1, 0.15) is 5.56 Å². The van der Waals surface area contributed by atoms with Gasteiger partial charge in [-0.05, 0) is 30.7 Å². The highest BCUT2D eigenvalue weighted by molar-refractivity contribution is 5.46. The van der Waals surface area contributed by atoms with E-state index in [0.29, 0.717) is 5.69 Å². The van der Waals surface area contributed by atoms with Crippen molar-refractivity contribution in [2.45, 2.75) is 6.92 Å². The summed E-state index contributed by atoms with van der Waals surface area (Å²) in [5, 5.41) is 0. The Kier molecular flexibility index (Phi) is 2.59. The minimum atomic E-state index is 0.709. The molecule has 0 spiro atoms. The summed E-state index contributed by atoms with van der Waals surface area (Å²) in [5.74, 6) is 1.63. The highest BCUT2D eigenvalue weighted by atomic mass is 16.5. The molecule has 0 amide bonds.